The molecule has 0 spiro atoms. The number of aliphatic carboxylic acids is 3. The molecule has 0 saturated heterocycles. The molecule has 9 nitrogen and oxygen atoms in total. The molecule has 0 fully saturated rings. The first kappa shape index (κ1) is 20.6. The SMILES string of the molecule is [Ac].[NH-]C(CC(=O)O)C(=O)NC(CCC(=O)O)C(=O)O. The summed E-state index contributed by atoms with van der Waals surface area (Å²) >= 11 is 0. The van der Waals surface area contributed by atoms with Crippen LogP contribution in [0.25, 0.3) is 5.73 Å². The van der Waals surface area contributed by atoms with Crippen LogP contribution in [-0.4, -0.2) is 51.2 Å². The van der Waals surface area contributed by atoms with Gasteiger partial charge < -0.3 is 26.4 Å². The molecule has 0 aliphatic rings. The summed E-state index contributed by atoms with van der Waals surface area (Å²) in [6.45, 7) is 0. The smallest absolute Gasteiger partial charge is 0.326 e. The van der Waals surface area contributed by atoms with Gasteiger partial charge >= 0.3 is 17.9 Å². The van der Waals surface area contributed by atoms with E-state index in [1.54, 1.807) is 0 Å². The summed E-state index contributed by atoms with van der Waals surface area (Å²) in [4.78, 5) is 42.5. The standard InChI is InChI=1S/C9H13N2O7.Ac/c10-4(3-7(14)15)8(16)11-5(9(17)18)1-2-6(12)13;/h4-5,10H,1-3H2,(H,11,16)(H,12,13)(H,14,15)(H,17,18);/q-1;. The number of rotatable bonds is 8. The molecule has 0 aromatic heterocycles. The van der Waals surface area contributed by atoms with Crippen LogP contribution in [0.5, 0.6) is 0 Å². The average molecular weight is 488 g/mol. The summed E-state index contributed by atoms with van der Waals surface area (Å²) in [6.07, 6.45) is -1.55. The Kier molecular flexibility index (Phi) is 11.0. The second-order valence-electron chi connectivity index (χ2n) is 3.48. The normalized spacial score (nSPS) is 12.7. The molecule has 0 aliphatic carbocycles. The number of carbonyl (C=O) groups excluding carboxylic acids is 1. The van der Waals surface area contributed by atoms with Gasteiger partial charge in [0.05, 0.1) is 0 Å². The fourth-order valence-corrected chi connectivity index (χ4v) is 1.06. The molecule has 105 valence electrons. The van der Waals surface area contributed by atoms with Gasteiger partial charge in [0, 0.05) is 56.9 Å². The molecule has 0 aliphatic heterocycles. The summed E-state index contributed by atoms with van der Waals surface area (Å²) in [7, 11) is 0. The number of carbonyl (C=O) groups is 4. The van der Waals surface area contributed by atoms with Crippen molar-refractivity contribution in [3.05, 3.63) is 5.73 Å². The van der Waals surface area contributed by atoms with Crippen LogP contribution in [0.2, 0.25) is 0 Å². The van der Waals surface area contributed by atoms with Gasteiger partial charge in [-0.1, -0.05) is 0 Å². The van der Waals surface area contributed by atoms with Gasteiger partial charge in [0.2, 0.25) is 5.91 Å². The predicted octanol–water partition coefficient (Wildman–Crippen LogP) is -0.684. The van der Waals surface area contributed by atoms with Gasteiger partial charge in [-0.15, -0.1) is 0 Å². The Balaban J connectivity index is 0. The molecule has 19 heavy (non-hydrogen) atoms. The van der Waals surface area contributed by atoms with Crippen molar-refractivity contribution in [2.75, 3.05) is 0 Å². The maximum Gasteiger partial charge on any atom is 0.326 e. The van der Waals surface area contributed by atoms with E-state index in [1.807, 2.05) is 5.32 Å². The molecule has 5 N–H and O–H groups in total. The van der Waals surface area contributed by atoms with Crippen molar-refractivity contribution in [1.82, 2.24) is 5.32 Å². The number of hydrogen-bond donors (Lipinski definition) is 4. The second kappa shape index (κ2) is 10.1. The van der Waals surface area contributed by atoms with Gasteiger partial charge in [0.25, 0.3) is 0 Å². The Morgan fingerprint density at radius 2 is 1.58 bits per heavy atom. The van der Waals surface area contributed by atoms with Crippen LogP contribution in [0.3, 0.4) is 0 Å². The molecule has 0 aromatic carbocycles. The Morgan fingerprint density at radius 1 is 1.05 bits per heavy atom. The molecule has 1 radical (unpaired) electrons. The fourth-order valence-electron chi connectivity index (χ4n) is 1.06. The van der Waals surface area contributed by atoms with Crippen LogP contribution in [-0.2, 0) is 19.2 Å². The summed E-state index contributed by atoms with van der Waals surface area (Å²) in [6, 6.07) is -3.08. The number of nitrogens with one attached hydrogen (secondary N) is 2. The Bertz CT molecular complexity index is 360. The Labute approximate surface area is 144 Å². The van der Waals surface area contributed by atoms with Crippen molar-refractivity contribution in [1.29, 1.82) is 0 Å². The fraction of sp³-hybridized carbons (Fsp3) is 0.556. The summed E-state index contributed by atoms with van der Waals surface area (Å²) in [5, 5.41) is 27.4. The third kappa shape index (κ3) is 9.81. The molecule has 10 heteroatoms. The zero-order valence-corrected chi connectivity index (χ0v) is 14.6. The minimum absolute atomic E-state index is 0. The van der Waals surface area contributed by atoms with Gasteiger partial charge in [-0.3, -0.25) is 14.4 Å². The summed E-state index contributed by atoms with van der Waals surface area (Å²) < 4.78 is 0. The Morgan fingerprint density at radius 3 is 1.95 bits per heavy atom. The first-order chi connectivity index (χ1) is 8.23. The molecule has 0 rings (SSSR count). The van der Waals surface area contributed by atoms with Crippen LogP contribution in [0.4, 0.5) is 0 Å². The monoisotopic (exact) mass is 488 g/mol. The molecular formula is C9H13AcN2O7-. The number of carboxylic acid groups (broad SMARTS) is 3. The molecule has 0 aromatic rings. The molecule has 0 bridgehead atoms. The van der Waals surface area contributed by atoms with Crippen molar-refractivity contribution in [3.63, 3.8) is 0 Å². The molecule has 2 atom stereocenters. The average Bonchev–Trinajstić information content (AvgIpc) is 2.21. The summed E-state index contributed by atoms with van der Waals surface area (Å²) in [5.74, 6) is -5.08. The van der Waals surface area contributed by atoms with E-state index in [2.05, 4.69) is 0 Å². The van der Waals surface area contributed by atoms with Crippen molar-refractivity contribution in [2.24, 2.45) is 0 Å². The number of carboxylic acids is 3. The van der Waals surface area contributed by atoms with Crippen LogP contribution >= 0.6 is 0 Å². The molecular weight excluding hydrogens is 475 g/mol. The molecule has 0 saturated carbocycles. The van der Waals surface area contributed by atoms with E-state index >= 15 is 0 Å². The van der Waals surface area contributed by atoms with E-state index in [0.717, 1.165) is 0 Å². The molecule has 1 amide bonds. The van der Waals surface area contributed by atoms with Crippen LogP contribution in [0.15, 0.2) is 0 Å². The van der Waals surface area contributed by atoms with Crippen molar-refractivity contribution in [3.8, 4) is 0 Å². The quantitative estimate of drug-likeness (QED) is 0.351. The van der Waals surface area contributed by atoms with E-state index < -0.39 is 48.7 Å². The largest absolute Gasteiger partial charge is 0.666 e. The topological polar surface area (TPSA) is 165 Å². The summed E-state index contributed by atoms with van der Waals surface area (Å²) in [5.41, 5.74) is 7.16. The predicted molar refractivity (Wildman–Crippen MR) is 56.8 cm³/mol. The van der Waals surface area contributed by atoms with Crippen LogP contribution < -0.4 is 5.32 Å². The van der Waals surface area contributed by atoms with Gasteiger partial charge in [-0.2, -0.15) is 0 Å². The van der Waals surface area contributed by atoms with Crippen molar-refractivity contribution >= 4 is 23.8 Å². The van der Waals surface area contributed by atoms with E-state index in [-0.39, 0.29) is 50.5 Å². The maximum absolute atomic E-state index is 11.3. The van der Waals surface area contributed by atoms with E-state index in [4.69, 9.17) is 21.1 Å². The zero-order chi connectivity index (χ0) is 14.3. The van der Waals surface area contributed by atoms with Gasteiger partial charge in [0.1, 0.15) is 6.04 Å². The first-order valence-corrected chi connectivity index (χ1v) is 4.92. The minimum atomic E-state index is -1.63. The first-order valence-electron chi connectivity index (χ1n) is 4.92. The maximum atomic E-state index is 11.3. The van der Waals surface area contributed by atoms with Crippen molar-refractivity contribution < 1.29 is 78.6 Å². The Hall–Kier alpha value is -0.718. The van der Waals surface area contributed by atoms with E-state index in [9.17, 15) is 19.2 Å². The minimum Gasteiger partial charge on any atom is -0.666 e. The molecule has 0 heterocycles. The zero-order valence-electron chi connectivity index (χ0n) is 9.83. The number of hydrogen-bond acceptors (Lipinski definition) is 4. The van der Waals surface area contributed by atoms with Crippen LogP contribution in [0, 0.1) is 44.1 Å². The second-order valence-corrected chi connectivity index (χ2v) is 3.48. The van der Waals surface area contributed by atoms with Gasteiger partial charge in [-0.05, 0) is 12.5 Å². The molecule has 2 unspecified atom stereocenters. The van der Waals surface area contributed by atoms with Gasteiger partial charge in [-0.25, -0.2) is 4.79 Å². The van der Waals surface area contributed by atoms with Crippen molar-refractivity contribution in [2.45, 2.75) is 31.3 Å². The van der Waals surface area contributed by atoms with E-state index in [1.165, 1.54) is 0 Å². The third-order valence-corrected chi connectivity index (χ3v) is 1.96. The van der Waals surface area contributed by atoms with Gasteiger partial charge in [0.15, 0.2) is 0 Å². The van der Waals surface area contributed by atoms with E-state index in [0.29, 0.717) is 0 Å². The van der Waals surface area contributed by atoms with Crippen LogP contribution in [0.1, 0.15) is 19.3 Å². The number of amides is 1. The third-order valence-electron chi connectivity index (χ3n) is 1.96.